The first-order valence-electron chi connectivity index (χ1n) is 8.87. The lowest BCUT2D eigenvalue weighted by molar-refractivity contribution is -0.151. The minimum absolute atomic E-state index is 0.00614. The molecule has 32 heavy (non-hydrogen) atoms. The largest absolute Gasteiger partial charge is 0.477 e. The normalized spacial score (nSPS) is 23.0. The Kier molecular flexibility index (Phi) is 6.45. The molecule has 4 atom stereocenters. The molecule has 7 N–H and O–H groups in total. The van der Waals surface area contributed by atoms with Crippen LogP contribution in [0.2, 0.25) is 0 Å². The molecule has 0 aromatic carbocycles. The lowest BCUT2D eigenvalue weighted by atomic mass is 10.0. The highest BCUT2D eigenvalue weighted by atomic mass is 32.2. The van der Waals surface area contributed by atoms with E-state index in [1.807, 2.05) is 0 Å². The van der Waals surface area contributed by atoms with Crippen molar-refractivity contribution >= 4 is 57.1 Å². The van der Waals surface area contributed by atoms with E-state index < -0.39 is 70.3 Å². The van der Waals surface area contributed by atoms with Crippen molar-refractivity contribution in [3.63, 3.8) is 0 Å². The quantitative estimate of drug-likeness (QED) is 0.205. The highest BCUT2D eigenvalue weighted by molar-refractivity contribution is 7.86. The van der Waals surface area contributed by atoms with Gasteiger partial charge in [-0.15, -0.1) is 11.3 Å². The molecule has 4 amide bonds. The fourth-order valence-electron chi connectivity index (χ4n) is 3.24. The Morgan fingerprint density at radius 3 is 2.66 bits per heavy atom. The molecule has 0 aliphatic carbocycles. The molecule has 1 fully saturated rings. The number of aromatic nitrogens is 1. The number of hydrogen-bond acceptors (Lipinski definition) is 10. The lowest BCUT2D eigenvalue weighted by Gasteiger charge is -2.49. The molecule has 3 rings (SSSR count). The van der Waals surface area contributed by atoms with Crippen LogP contribution >= 0.6 is 11.3 Å². The number of carbonyl (C=O) groups is 5. The Balaban J connectivity index is 1.83. The summed E-state index contributed by atoms with van der Waals surface area (Å²) in [5, 5.41) is 14.5. The lowest BCUT2D eigenvalue weighted by Crippen LogP contribution is -2.74. The number of nitrogens with two attached hydrogens (primary N) is 2. The van der Waals surface area contributed by atoms with Gasteiger partial charge in [-0.3, -0.25) is 23.5 Å². The second-order valence-corrected chi connectivity index (χ2v) is 9.12. The van der Waals surface area contributed by atoms with Crippen LogP contribution in [0.25, 0.3) is 0 Å². The Bertz CT molecular complexity index is 1070. The number of thiazole rings is 1. The van der Waals surface area contributed by atoms with Gasteiger partial charge < -0.3 is 31.9 Å². The summed E-state index contributed by atoms with van der Waals surface area (Å²) in [7, 11) is -1.81. The second-order valence-electron chi connectivity index (χ2n) is 6.70. The molecule has 1 saturated heterocycles. The molecular formula is C16H18N6O8S2. The number of primary amides is 1. The van der Waals surface area contributed by atoms with Gasteiger partial charge in [0.25, 0.3) is 5.91 Å². The fourth-order valence-corrected chi connectivity index (χ4v) is 5.49. The van der Waals surface area contributed by atoms with Crippen molar-refractivity contribution in [2.75, 3.05) is 18.1 Å². The molecule has 1 aromatic heterocycles. The number of carbonyl (C=O) groups excluding carboxylic acids is 4. The van der Waals surface area contributed by atoms with E-state index in [0.717, 1.165) is 23.2 Å². The third-order valence-electron chi connectivity index (χ3n) is 4.54. The van der Waals surface area contributed by atoms with Gasteiger partial charge in [0.15, 0.2) is 11.2 Å². The fraction of sp³-hybridized carbons (Fsp3) is 0.375. The zero-order chi connectivity index (χ0) is 23.7. The summed E-state index contributed by atoms with van der Waals surface area (Å²) < 4.78 is 17.5. The first-order valence-corrected chi connectivity index (χ1v) is 11.1. The molecule has 1 unspecified atom stereocenters. The van der Waals surface area contributed by atoms with Gasteiger partial charge in [0.05, 0.1) is 22.2 Å². The zero-order valence-corrected chi connectivity index (χ0v) is 18.0. The first kappa shape index (κ1) is 23.1. The number of rotatable bonds is 7. The summed E-state index contributed by atoms with van der Waals surface area (Å²) in [4.78, 5) is 64.3. The van der Waals surface area contributed by atoms with Gasteiger partial charge in [0.2, 0.25) is 5.91 Å². The summed E-state index contributed by atoms with van der Waals surface area (Å²) in [6.45, 7) is 0.683. The topological polar surface area (TPSA) is 224 Å². The SMILES string of the molecule is CC(=O)OCC1=C(C(=O)O)N2C(=O)[C@@H](NC(=O)C(NC(N)=O)c3csc(N)n3)[C@H]2[S@@](=O)C1. The monoisotopic (exact) mass is 486 g/mol. The number of aliphatic carboxylic acids is 1. The van der Waals surface area contributed by atoms with Crippen LogP contribution in [-0.4, -0.2) is 72.8 Å². The minimum atomic E-state index is -1.81. The summed E-state index contributed by atoms with van der Waals surface area (Å²) in [5.74, 6) is -4.13. The van der Waals surface area contributed by atoms with Crippen molar-refractivity contribution in [2.45, 2.75) is 24.4 Å². The molecule has 0 spiro atoms. The maximum atomic E-state index is 12.8. The first-order chi connectivity index (χ1) is 15.0. The molecule has 2 aliphatic rings. The summed E-state index contributed by atoms with van der Waals surface area (Å²) >= 11 is 1.01. The number of nitrogen functional groups attached to an aromatic ring is 1. The van der Waals surface area contributed by atoms with Crippen LogP contribution in [0.4, 0.5) is 9.93 Å². The van der Waals surface area contributed by atoms with Crippen LogP contribution < -0.4 is 22.1 Å². The van der Waals surface area contributed by atoms with E-state index >= 15 is 0 Å². The third-order valence-corrected chi connectivity index (χ3v) is 6.89. The minimum Gasteiger partial charge on any atom is -0.477 e. The van der Waals surface area contributed by atoms with Crippen molar-refractivity contribution in [1.82, 2.24) is 20.5 Å². The van der Waals surface area contributed by atoms with Gasteiger partial charge in [-0.2, -0.15) is 0 Å². The van der Waals surface area contributed by atoms with E-state index in [1.165, 1.54) is 5.38 Å². The Hall–Kier alpha value is -3.53. The molecular weight excluding hydrogens is 468 g/mol. The summed E-state index contributed by atoms with van der Waals surface area (Å²) in [6.07, 6.45) is 0. The van der Waals surface area contributed by atoms with Gasteiger partial charge in [-0.1, -0.05) is 0 Å². The van der Waals surface area contributed by atoms with E-state index in [0.29, 0.717) is 0 Å². The highest BCUT2D eigenvalue weighted by Crippen LogP contribution is 2.35. The predicted molar refractivity (Wildman–Crippen MR) is 109 cm³/mol. The Morgan fingerprint density at radius 2 is 2.12 bits per heavy atom. The predicted octanol–water partition coefficient (Wildman–Crippen LogP) is -2.25. The maximum Gasteiger partial charge on any atom is 0.352 e. The Labute approximate surface area is 186 Å². The zero-order valence-electron chi connectivity index (χ0n) is 16.4. The number of β-lactam (4-membered cyclic amide) rings is 1. The van der Waals surface area contributed by atoms with Crippen LogP contribution in [0, 0.1) is 0 Å². The number of urea groups is 1. The highest BCUT2D eigenvalue weighted by Gasteiger charge is 2.57. The molecule has 1 aromatic rings. The molecule has 0 saturated carbocycles. The smallest absolute Gasteiger partial charge is 0.352 e. The number of ether oxygens (including phenoxy) is 1. The molecule has 0 bridgehead atoms. The molecule has 2 aliphatic heterocycles. The van der Waals surface area contributed by atoms with Crippen molar-refractivity contribution in [3.8, 4) is 0 Å². The average molecular weight is 486 g/mol. The maximum absolute atomic E-state index is 12.8. The average Bonchev–Trinajstić information content (AvgIpc) is 3.13. The van der Waals surface area contributed by atoms with E-state index in [-0.39, 0.29) is 22.2 Å². The number of fused-ring (bicyclic) bond motifs is 1. The van der Waals surface area contributed by atoms with E-state index in [4.69, 9.17) is 16.2 Å². The van der Waals surface area contributed by atoms with Gasteiger partial charge in [0, 0.05) is 17.9 Å². The number of hydrogen-bond donors (Lipinski definition) is 5. The van der Waals surface area contributed by atoms with Crippen molar-refractivity contribution in [1.29, 1.82) is 0 Å². The molecule has 3 heterocycles. The van der Waals surface area contributed by atoms with Gasteiger partial charge in [-0.05, 0) is 0 Å². The van der Waals surface area contributed by atoms with Crippen LogP contribution in [0.1, 0.15) is 18.7 Å². The molecule has 172 valence electrons. The summed E-state index contributed by atoms with van der Waals surface area (Å²) in [6, 6.07) is -3.74. The van der Waals surface area contributed by atoms with Gasteiger partial charge in [-0.25, -0.2) is 14.6 Å². The van der Waals surface area contributed by atoms with Crippen LogP contribution in [-0.2, 0) is 34.7 Å². The number of nitrogens with one attached hydrogen (secondary N) is 2. The van der Waals surface area contributed by atoms with E-state index in [2.05, 4.69) is 15.6 Å². The third kappa shape index (κ3) is 4.40. The van der Waals surface area contributed by atoms with E-state index in [1.54, 1.807) is 0 Å². The number of esters is 1. The van der Waals surface area contributed by atoms with Crippen LogP contribution in [0.5, 0.6) is 0 Å². The number of carboxylic acids is 1. The van der Waals surface area contributed by atoms with E-state index in [9.17, 15) is 33.3 Å². The summed E-state index contributed by atoms with van der Waals surface area (Å²) in [5.41, 5.74) is 10.3. The number of carboxylic acid groups (broad SMARTS) is 1. The van der Waals surface area contributed by atoms with Crippen molar-refractivity contribution in [3.05, 3.63) is 22.3 Å². The van der Waals surface area contributed by atoms with Gasteiger partial charge >= 0.3 is 18.0 Å². The molecule has 16 heteroatoms. The number of amides is 4. The Morgan fingerprint density at radius 1 is 1.44 bits per heavy atom. The van der Waals surface area contributed by atoms with Gasteiger partial charge in [0.1, 0.15) is 23.7 Å². The number of nitrogens with zero attached hydrogens (tertiary/aromatic N) is 2. The number of anilines is 1. The van der Waals surface area contributed by atoms with Crippen molar-refractivity contribution in [2.24, 2.45) is 5.73 Å². The molecule has 14 nitrogen and oxygen atoms in total. The standard InChI is InChI=1S/C16H18N6O8S2/c1-5(23)30-2-6-4-32(29)13-9(12(25)22(13)10(6)14(26)27)20-11(24)8(21-15(17)28)7-3-31-16(18)19-7/h3,8-9,13H,2,4H2,1H3,(H2,18,19)(H,20,24)(H,26,27)(H3,17,21,28)/t8?,9-,13-,32+/m1/s1. The van der Waals surface area contributed by atoms with Crippen molar-refractivity contribution < 1.29 is 38.0 Å². The second kappa shape index (κ2) is 8.91. The van der Waals surface area contributed by atoms with Crippen LogP contribution in [0.15, 0.2) is 16.7 Å². The molecule has 0 radical (unpaired) electrons. The van der Waals surface area contributed by atoms with Crippen LogP contribution in [0.3, 0.4) is 0 Å².